The van der Waals surface area contributed by atoms with Crippen LogP contribution >= 0.6 is 0 Å². The summed E-state index contributed by atoms with van der Waals surface area (Å²) in [5, 5.41) is 0. The number of anilines is 1. The minimum atomic E-state index is 0.0424. The highest BCUT2D eigenvalue weighted by Gasteiger charge is 2.50. The smallest absolute Gasteiger partial charge is 0.230 e. The highest BCUT2D eigenvalue weighted by atomic mass is 16.2. The maximum Gasteiger partial charge on any atom is 0.230 e. The SMILES string of the molecule is CC(=O)c1cccc(N2C(=O)C3CC2C3)c1. The Morgan fingerprint density at radius 2 is 2.12 bits per heavy atom. The van der Waals surface area contributed by atoms with Crippen LogP contribution in [0.15, 0.2) is 24.3 Å². The number of hydrogen-bond donors (Lipinski definition) is 0. The van der Waals surface area contributed by atoms with Gasteiger partial charge in [-0.3, -0.25) is 9.59 Å². The zero-order valence-electron chi connectivity index (χ0n) is 9.14. The first-order valence-corrected chi connectivity index (χ1v) is 5.61. The summed E-state index contributed by atoms with van der Waals surface area (Å²) in [4.78, 5) is 25.0. The number of hydrogen-bond acceptors (Lipinski definition) is 2. The molecule has 4 rings (SSSR count). The van der Waals surface area contributed by atoms with Crippen molar-refractivity contribution in [2.24, 2.45) is 5.92 Å². The first-order valence-electron chi connectivity index (χ1n) is 5.61. The molecule has 0 unspecified atom stereocenters. The molecule has 0 spiro atoms. The normalized spacial score (nSPS) is 26.8. The summed E-state index contributed by atoms with van der Waals surface area (Å²) in [7, 11) is 0. The van der Waals surface area contributed by atoms with Gasteiger partial charge in [-0.2, -0.15) is 0 Å². The Hall–Kier alpha value is -1.64. The number of carbonyl (C=O) groups is 2. The van der Waals surface area contributed by atoms with E-state index in [1.165, 1.54) is 0 Å². The maximum atomic E-state index is 11.9. The lowest BCUT2D eigenvalue weighted by Crippen LogP contribution is -2.29. The molecule has 1 saturated carbocycles. The fourth-order valence-corrected chi connectivity index (χ4v) is 2.59. The summed E-state index contributed by atoms with van der Waals surface area (Å²) < 4.78 is 0. The number of carbonyl (C=O) groups excluding carboxylic acids is 2. The van der Waals surface area contributed by atoms with Crippen LogP contribution in [0.25, 0.3) is 0 Å². The lowest BCUT2D eigenvalue weighted by atomic mass is 9.86. The summed E-state index contributed by atoms with van der Waals surface area (Å²) in [5.74, 6) is 0.512. The number of amides is 1. The molecule has 2 heterocycles. The van der Waals surface area contributed by atoms with E-state index >= 15 is 0 Å². The van der Waals surface area contributed by atoms with Crippen LogP contribution in [0.1, 0.15) is 30.1 Å². The van der Waals surface area contributed by atoms with Gasteiger partial charge in [0.15, 0.2) is 5.78 Å². The van der Waals surface area contributed by atoms with E-state index in [2.05, 4.69) is 0 Å². The monoisotopic (exact) mass is 215 g/mol. The molecule has 2 saturated heterocycles. The molecule has 16 heavy (non-hydrogen) atoms. The third-order valence-corrected chi connectivity index (χ3v) is 3.60. The number of rotatable bonds is 2. The van der Waals surface area contributed by atoms with E-state index in [1.807, 2.05) is 23.1 Å². The molecule has 3 nitrogen and oxygen atoms in total. The van der Waals surface area contributed by atoms with Gasteiger partial charge in [-0.05, 0) is 31.9 Å². The van der Waals surface area contributed by atoms with Gasteiger partial charge in [0.1, 0.15) is 0 Å². The highest BCUT2D eigenvalue weighted by Crippen LogP contribution is 2.44. The van der Waals surface area contributed by atoms with Gasteiger partial charge in [-0.1, -0.05) is 12.1 Å². The second-order valence-corrected chi connectivity index (χ2v) is 4.64. The molecule has 2 aliphatic heterocycles. The van der Waals surface area contributed by atoms with Crippen LogP contribution in [0, 0.1) is 5.92 Å². The van der Waals surface area contributed by atoms with Gasteiger partial charge < -0.3 is 4.90 Å². The van der Waals surface area contributed by atoms with Crippen molar-refractivity contribution >= 4 is 17.4 Å². The average Bonchev–Trinajstić information content (AvgIpc) is 2.69. The Morgan fingerprint density at radius 1 is 1.38 bits per heavy atom. The van der Waals surface area contributed by atoms with Crippen molar-refractivity contribution in [1.29, 1.82) is 0 Å². The molecule has 1 aromatic carbocycles. The standard InChI is InChI=1S/C13H13NO2/c1-8(15)9-3-2-4-11(5-9)14-12-6-10(7-12)13(14)16/h2-5,10,12H,6-7H2,1H3. The van der Waals surface area contributed by atoms with E-state index in [4.69, 9.17) is 0 Å². The van der Waals surface area contributed by atoms with Crippen LogP contribution < -0.4 is 4.90 Å². The van der Waals surface area contributed by atoms with Crippen molar-refractivity contribution in [3.8, 4) is 0 Å². The molecule has 82 valence electrons. The van der Waals surface area contributed by atoms with Crippen LogP contribution in [0.5, 0.6) is 0 Å². The molecule has 0 aromatic heterocycles. The van der Waals surface area contributed by atoms with Crippen LogP contribution in [0.2, 0.25) is 0 Å². The van der Waals surface area contributed by atoms with E-state index in [9.17, 15) is 9.59 Å². The van der Waals surface area contributed by atoms with Crippen molar-refractivity contribution in [2.45, 2.75) is 25.8 Å². The Bertz CT molecular complexity index is 475. The van der Waals surface area contributed by atoms with Crippen LogP contribution in [0.3, 0.4) is 0 Å². The molecule has 0 atom stereocenters. The second-order valence-electron chi connectivity index (χ2n) is 4.64. The maximum absolute atomic E-state index is 11.9. The van der Waals surface area contributed by atoms with Crippen LogP contribution in [-0.4, -0.2) is 17.7 Å². The predicted octanol–water partition coefficient (Wildman–Crippen LogP) is 2.01. The minimum Gasteiger partial charge on any atom is -0.309 e. The molecule has 2 bridgehead atoms. The Kier molecular flexibility index (Phi) is 1.90. The number of ketones is 1. The van der Waals surface area contributed by atoms with E-state index in [-0.39, 0.29) is 17.6 Å². The van der Waals surface area contributed by atoms with Crippen molar-refractivity contribution in [2.75, 3.05) is 4.90 Å². The van der Waals surface area contributed by atoms with E-state index in [1.54, 1.807) is 13.0 Å². The van der Waals surface area contributed by atoms with Gasteiger partial charge in [0.05, 0.1) is 0 Å². The summed E-state index contributed by atoms with van der Waals surface area (Å²) in [6, 6.07) is 7.73. The Labute approximate surface area is 94.1 Å². The summed E-state index contributed by atoms with van der Waals surface area (Å²) >= 11 is 0. The van der Waals surface area contributed by atoms with Gasteiger partial charge in [-0.15, -0.1) is 0 Å². The van der Waals surface area contributed by atoms with Crippen LogP contribution in [-0.2, 0) is 4.79 Å². The van der Waals surface area contributed by atoms with Crippen LogP contribution in [0.4, 0.5) is 5.69 Å². The summed E-state index contributed by atoms with van der Waals surface area (Å²) in [5.41, 5.74) is 1.55. The molecule has 3 aliphatic rings. The quantitative estimate of drug-likeness (QED) is 0.708. The lowest BCUT2D eigenvalue weighted by molar-refractivity contribution is -0.119. The Morgan fingerprint density at radius 3 is 2.69 bits per heavy atom. The fourth-order valence-electron chi connectivity index (χ4n) is 2.59. The van der Waals surface area contributed by atoms with Gasteiger partial charge in [0.2, 0.25) is 5.91 Å². The fraction of sp³-hybridized carbons (Fsp3) is 0.385. The van der Waals surface area contributed by atoms with Gasteiger partial charge >= 0.3 is 0 Å². The predicted molar refractivity (Wildman–Crippen MR) is 60.4 cm³/mol. The topological polar surface area (TPSA) is 37.4 Å². The van der Waals surface area contributed by atoms with Crippen molar-refractivity contribution < 1.29 is 9.59 Å². The van der Waals surface area contributed by atoms with Gasteiger partial charge in [-0.25, -0.2) is 0 Å². The average molecular weight is 215 g/mol. The van der Waals surface area contributed by atoms with Gasteiger partial charge in [0, 0.05) is 23.2 Å². The van der Waals surface area contributed by atoms with E-state index in [0.29, 0.717) is 11.6 Å². The summed E-state index contributed by atoms with van der Waals surface area (Å²) in [6.45, 7) is 1.55. The lowest BCUT2D eigenvalue weighted by Gasteiger charge is -2.25. The number of fused-ring (bicyclic) bond motifs is 1. The number of nitrogens with zero attached hydrogens (tertiary/aromatic N) is 1. The molecule has 1 aliphatic carbocycles. The van der Waals surface area contributed by atoms with Crippen molar-refractivity contribution in [3.05, 3.63) is 29.8 Å². The third kappa shape index (κ3) is 1.21. The minimum absolute atomic E-state index is 0.0424. The number of benzene rings is 1. The molecular formula is C13H13NO2. The molecule has 1 aromatic rings. The summed E-state index contributed by atoms with van der Waals surface area (Å²) in [6.07, 6.45) is 1.98. The van der Waals surface area contributed by atoms with E-state index in [0.717, 1.165) is 18.5 Å². The molecule has 3 heteroatoms. The second kappa shape index (κ2) is 3.17. The van der Waals surface area contributed by atoms with Gasteiger partial charge in [0.25, 0.3) is 0 Å². The largest absolute Gasteiger partial charge is 0.309 e. The Balaban J connectivity index is 1.98. The molecule has 3 fully saturated rings. The molecule has 0 radical (unpaired) electrons. The number of Topliss-reactive ketones (excluding diaryl/α,β-unsaturated/α-hetero) is 1. The van der Waals surface area contributed by atoms with Crippen molar-refractivity contribution in [1.82, 2.24) is 0 Å². The third-order valence-electron chi connectivity index (χ3n) is 3.60. The zero-order chi connectivity index (χ0) is 11.3. The molecule has 1 amide bonds. The molecular weight excluding hydrogens is 202 g/mol. The van der Waals surface area contributed by atoms with Crippen molar-refractivity contribution in [3.63, 3.8) is 0 Å². The molecule has 0 N–H and O–H groups in total. The first-order chi connectivity index (χ1) is 7.66. The van der Waals surface area contributed by atoms with E-state index < -0.39 is 0 Å². The highest BCUT2D eigenvalue weighted by molar-refractivity contribution is 6.02. The zero-order valence-corrected chi connectivity index (χ0v) is 9.14. The first kappa shape index (κ1) is 9.58.